The van der Waals surface area contributed by atoms with Crippen LogP contribution in [-0.4, -0.2) is 16.0 Å². The van der Waals surface area contributed by atoms with Gasteiger partial charge in [-0.25, -0.2) is 9.97 Å². The van der Waals surface area contributed by atoms with Gasteiger partial charge < -0.3 is 5.32 Å². The molecule has 2 unspecified atom stereocenters. The Hall–Kier alpha value is -0.640. The zero-order chi connectivity index (χ0) is 9.26. The molecule has 70 valence electrons. The highest BCUT2D eigenvalue weighted by atomic mass is 79.9. The molecule has 0 aromatic carbocycles. The molecule has 0 amide bonds. The van der Waals surface area contributed by atoms with Gasteiger partial charge in [-0.15, -0.1) is 0 Å². The van der Waals surface area contributed by atoms with Crippen molar-refractivity contribution in [3.63, 3.8) is 0 Å². The summed E-state index contributed by atoms with van der Waals surface area (Å²) in [6.45, 7) is 2.22. The minimum absolute atomic E-state index is 0.631. The summed E-state index contributed by atoms with van der Waals surface area (Å²) in [7, 11) is 0. The topological polar surface area (TPSA) is 37.8 Å². The third-order valence-electron chi connectivity index (χ3n) is 2.41. The maximum Gasteiger partial charge on any atom is 0.130 e. The van der Waals surface area contributed by atoms with Gasteiger partial charge in [0.2, 0.25) is 0 Å². The van der Waals surface area contributed by atoms with E-state index in [1.807, 2.05) is 6.07 Å². The Balaban J connectivity index is 1.95. The average molecular weight is 242 g/mol. The molecule has 1 fully saturated rings. The van der Waals surface area contributed by atoms with E-state index in [0.717, 1.165) is 16.3 Å². The van der Waals surface area contributed by atoms with Crippen LogP contribution in [0.25, 0.3) is 0 Å². The third-order valence-corrected chi connectivity index (χ3v) is 2.85. The second-order valence-corrected chi connectivity index (χ2v) is 4.19. The fourth-order valence-electron chi connectivity index (χ4n) is 1.48. The highest BCUT2D eigenvalue weighted by Crippen LogP contribution is 2.35. The van der Waals surface area contributed by atoms with Gasteiger partial charge in [0.15, 0.2) is 0 Å². The molecule has 13 heavy (non-hydrogen) atoms. The molecule has 4 heteroatoms. The summed E-state index contributed by atoms with van der Waals surface area (Å²) in [4.78, 5) is 8.11. The predicted octanol–water partition coefficient (Wildman–Crippen LogP) is 2.45. The van der Waals surface area contributed by atoms with Gasteiger partial charge in [-0.3, -0.25) is 0 Å². The largest absolute Gasteiger partial charge is 0.367 e. The van der Waals surface area contributed by atoms with Gasteiger partial charge >= 0.3 is 0 Å². The van der Waals surface area contributed by atoms with Crippen molar-refractivity contribution in [1.82, 2.24) is 9.97 Å². The minimum Gasteiger partial charge on any atom is -0.367 e. The molecule has 1 aliphatic carbocycles. The van der Waals surface area contributed by atoms with Gasteiger partial charge in [0, 0.05) is 12.1 Å². The molecule has 0 aliphatic heterocycles. The first kappa shape index (κ1) is 8.94. The van der Waals surface area contributed by atoms with Gasteiger partial charge in [-0.05, 0) is 28.3 Å². The lowest BCUT2D eigenvalue weighted by Crippen LogP contribution is -2.05. The monoisotopic (exact) mass is 241 g/mol. The summed E-state index contributed by atoms with van der Waals surface area (Å²) in [5, 5.41) is 3.38. The molecule has 0 spiro atoms. The summed E-state index contributed by atoms with van der Waals surface area (Å²) in [6.07, 6.45) is 4.10. The molecule has 2 atom stereocenters. The summed E-state index contributed by atoms with van der Waals surface area (Å²) in [5.41, 5.74) is 0. The summed E-state index contributed by atoms with van der Waals surface area (Å²) in [5.74, 6) is 1.76. The van der Waals surface area contributed by atoms with E-state index in [0.29, 0.717) is 6.04 Å². The van der Waals surface area contributed by atoms with E-state index in [9.17, 15) is 0 Å². The number of anilines is 1. The van der Waals surface area contributed by atoms with Crippen molar-refractivity contribution in [1.29, 1.82) is 0 Å². The number of nitrogens with one attached hydrogen (secondary N) is 1. The molecule has 1 aromatic rings. The number of rotatable bonds is 3. The van der Waals surface area contributed by atoms with Gasteiger partial charge in [0.05, 0.1) is 0 Å². The lowest BCUT2D eigenvalue weighted by molar-refractivity contribution is 0.773. The second kappa shape index (κ2) is 3.62. The lowest BCUT2D eigenvalue weighted by Gasteiger charge is -2.03. The van der Waals surface area contributed by atoms with E-state index in [1.54, 1.807) is 6.33 Å². The Bertz CT molecular complexity index is 303. The van der Waals surface area contributed by atoms with Crippen LogP contribution in [0.5, 0.6) is 0 Å². The van der Waals surface area contributed by atoms with Crippen LogP contribution < -0.4 is 5.32 Å². The zero-order valence-corrected chi connectivity index (χ0v) is 9.08. The summed E-state index contributed by atoms with van der Waals surface area (Å²) < 4.78 is 0.832. The van der Waals surface area contributed by atoms with E-state index in [1.165, 1.54) is 12.8 Å². The first-order chi connectivity index (χ1) is 6.29. The average Bonchev–Trinajstić information content (AvgIpc) is 2.83. The van der Waals surface area contributed by atoms with Crippen LogP contribution in [0.4, 0.5) is 5.82 Å². The maximum atomic E-state index is 4.14. The smallest absolute Gasteiger partial charge is 0.130 e. The van der Waals surface area contributed by atoms with Gasteiger partial charge in [0.25, 0.3) is 0 Å². The van der Waals surface area contributed by atoms with E-state index >= 15 is 0 Å². The van der Waals surface area contributed by atoms with Crippen molar-refractivity contribution >= 4 is 21.7 Å². The maximum absolute atomic E-state index is 4.14. The fraction of sp³-hybridized carbons (Fsp3) is 0.556. The van der Waals surface area contributed by atoms with Crippen molar-refractivity contribution in [2.75, 3.05) is 5.32 Å². The SMILES string of the molecule is CCC1CC1Nc1cc(Br)ncn1. The molecule has 0 saturated heterocycles. The van der Waals surface area contributed by atoms with Crippen molar-refractivity contribution in [2.45, 2.75) is 25.8 Å². The Morgan fingerprint density at radius 3 is 3.08 bits per heavy atom. The van der Waals surface area contributed by atoms with Crippen molar-refractivity contribution in [3.05, 3.63) is 17.0 Å². The van der Waals surface area contributed by atoms with Crippen LogP contribution in [0.15, 0.2) is 17.0 Å². The number of hydrogen-bond donors (Lipinski definition) is 1. The molecule has 1 N–H and O–H groups in total. The number of aromatic nitrogens is 2. The molecule has 1 aromatic heterocycles. The molecule has 2 rings (SSSR count). The molecule has 0 radical (unpaired) electrons. The highest BCUT2D eigenvalue weighted by Gasteiger charge is 2.35. The molecule has 3 nitrogen and oxygen atoms in total. The standard InChI is InChI=1S/C9H12BrN3/c1-2-6-3-7(6)13-9-4-8(10)11-5-12-9/h4-7H,2-3H2,1H3,(H,11,12,13). The second-order valence-electron chi connectivity index (χ2n) is 3.38. The van der Waals surface area contributed by atoms with Crippen LogP contribution in [-0.2, 0) is 0 Å². The quantitative estimate of drug-likeness (QED) is 0.827. The highest BCUT2D eigenvalue weighted by molar-refractivity contribution is 9.10. The Morgan fingerprint density at radius 2 is 2.46 bits per heavy atom. The molecular weight excluding hydrogens is 230 g/mol. The first-order valence-corrected chi connectivity index (χ1v) is 5.33. The third kappa shape index (κ3) is 2.18. The number of hydrogen-bond acceptors (Lipinski definition) is 3. The normalized spacial score (nSPS) is 25.7. The molecule has 1 aliphatic rings. The van der Waals surface area contributed by atoms with Crippen LogP contribution in [0.1, 0.15) is 19.8 Å². The summed E-state index contributed by atoms with van der Waals surface area (Å²) in [6, 6.07) is 2.54. The minimum atomic E-state index is 0.631. The first-order valence-electron chi connectivity index (χ1n) is 4.53. The zero-order valence-electron chi connectivity index (χ0n) is 7.50. The van der Waals surface area contributed by atoms with Crippen LogP contribution >= 0.6 is 15.9 Å². The van der Waals surface area contributed by atoms with E-state index in [2.05, 4.69) is 38.1 Å². The van der Waals surface area contributed by atoms with Crippen LogP contribution in [0.3, 0.4) is 0 Å². The van der Waals surface area contributed by atoms with Gasteiger partial charge in [0.1, 0.15) is 16.7 Å². The fourth-order valence-corrected chi connectivity index (χ4v) is 1.79. The van der Waals surface area contributed by atoms with Gasteiger partial charge in [-0.2, -0.15) is 0 Å². The Kier molecular flexibility index (Phi) is 2.49. The number of halogens is 1. The van der Waals surface area contributed by atoms with Crippen molar-refractivity contribution in [3.8, 4) is 0 Å². The Labute approximate surface area is 86.1 Å². The Morgan fingerprint density at radius 1 is 1.62 bits per heavy atom. The van der Waals surface area contributed by atoms with Crippen molar-refractivity contribution < 1.29 is 0 Å². The number of nitrogens with zero attached hydrogens (tertiary/aromatic N) is 2. The molecule has 1 saturated carbocycles. The molecule has 1 heterocycles. The van der Waals surface area contributed by atoms with Crippen LogP contribution in [0.2, 0.25) is 0 Å². The predicted molar refractivity (Wildman–Crippen MR) is 55.5 cm³/mol. The van der Waals surface area contributed by atoms with E-state index in [-0.39, 0.29) is 0 Å². The van der Waals surface area contributed by atoms with E-state index < -0.39 is 0 Å². The van der Waals surface area contributed by atoms with Gasteiger partial charge in [-0.1, -0.05) is 13.3 Å². The van der Waals surface area contributed by atoms with Crippen LogP contribution in [0, 0.1) is 5.92 Å². The summed E-state index contributed by atoms with van der Waals surface area (Å²) >= 11 is 3.31. The molecular formula is C9H12BrN3. The molecule has 0 bridgehead atoms. The van der Waals surface area contributed by atoms with E-state index in [4.69, 9.17) is 0 Å². The van der Waals surface area contributed by atoms with Crippen molar-refractivity contribution in [2.24, 2.45) is 5.92 Å². The lowest BCUT2D eigenvalue weighted by atomic mass is 10.3.